The van der Waals surface area contributed by atoms with Gasteiger partial charge in [0.15, 0.2) is 13.1 Å². The summed E-state index contributed by atoms with van der Waals surface area (Å²) in [6.07, 6.45) is 0. The van der Waals surface area contributed by atoms with E-state index in [1.807, 2.05) is 0 Å². The number of methoxy groups -OCH3 is 1. The largest absolute Gasteiger partial charge is 0.497 e. The first-order valence-electron chi connectivity index (χ1n) is 8.61. The van der Waals surface area contributed by atoms with Crippen LogP contribution in [-0.4, -0.2) is 51.0 Å². The summed E-state index contributed by atoms with van der Waals surface area (Å²) >= 11 is 0. The van der Waals surface area contributed by atoms with Crippen molar-refractivity contribution in [2.45, 2.75) is 6.54 Å². The van der Waals surface area contributed by atoms with Gasteiger partial charge in [0.1, 0.15) is 11.6 Å². The molecule has 0 heterocycles. The summed E-state index contributed by atoms with van der Waals surface area (Å²) in [5.74, 6) is -0.0517. The molecule has 2 aromatic carbocycles. The summed E-state index contributed by atoms with van der Waals surface area (Å²) < 4.78 is 18.8. The van der Waals surface area contributed by atoms with E-state index in [4.69, 9.17) is 4.74 Å². The molecule has 0 aliphatic rings. The number of anilines is 1. The van der Waals surface area contributed by atoms with Gasteiger partial charge in [-0.15, -0.1) is 0 Å². The minimum absolute atomic E-state index is 0.135. The maximum absolute atomic E-state index is 13.7. The van der Waals surface area contributed by atoms with Crippen molar-refractivity contribution in [1.82, 2.24) is 4.90 Å². The zero-order valence-electron chi connectivity index (χ0n) is 15.8. The number of amides is 2. The number of nitrogens with zero attached hydrogens (tertiary/aromatic N) is 1. The molecule has 0 saturated carbocycles. The van der Waals surface area contributed by atoms with Crippen LogP contribution < -0.4 is 15.0 Å². The van der Waals surface area contributed by atoms with Crippen LogP contribution in [-0.2, 0) is 16.1 Å². The summed E-state index contributed by atoms with van der Waals surface area (Å²) in [6, 6.07) is 13.4. The minimum atomic E-state index is -0.337. The van der Waals surface area contributed by atoms with Crippen LogP contribution in [0.25, 0.3) is 0 Å². The Morgan fingerprint density at radius 1 is 1.15 bits per heavy atom. The summed E-state index contributed by atoms with van der Waals surface area (Å²) in [7, 11) is 4.95. The fraction of sp³-hybridized carbons (Fsp3) is 0.300. The molecule has 144 valence electrons. The van der Waals surface area contributed by atoms with Gasteiger partial charge in [0.25, 0.3) is 11.8 Å². The minimum Gasteiger partial charge on any atom is -0.497 e. The molecule has 2 amide bonds. The number of carbonyl (C=O) groups is 2. The monoisotopic (exact) mass is 374 g/mol. The van der Waals surface area contributed by atoms with E-state index in [1.54, 1.807) is 63.7 Å². The molecule has 0 aliphatic heterocycles. The summed E-state index contributed by atoms with van der Waals surface area (Å²) in [6.45, 7) is 0.460. The van der Waals surface area contributed by atoms with Gasteiger partial charge in [-0.25, -0.2) is 4.39 Å². The maximum atomic E-state index is 13.7. The van der Waals surface area contributed by atoms with Crippen LogP contribution >= 0.6 is 0 Å². The molecule has 2 N–H and O–H groups in total. The molecule has 0 saturated heterocycles. The molecule has 0 aromatic heterocycles. The highest BCUT2D eigenvalue weighted by Gasteiger charge is 2.18. The molecule has 1 atom stereocenters. The molecular formula is C20H25FN3O3+. The van der Waals surface area contributed by atoms with Gasteiger partial charge in [-0.2, -0.15) is 0 Å². The number of hydrogen-bond donors (Lipinski definition) is 2. The van der Waals surface area contributed by atoms with Crippen LogP contribution in [0, 0.1) is 5.82 Å². The van der Waals surface area contributed by atoms with Crippen molar-refractivity contribution in [3.8, 4) is 5.75 Å². The number of likely N-dealkylation sites (N-methyl/N-ethyl adjacent to an activating group) is 2. The maximum Gasteiger partial charge on any atom is 0.279 e. The topological polar surface area (TPSA) is 63.1 Å². The highest BCUT2D eigenvalue weighted by atomic mass is 19.1. The van der Waals surface area contributed by atoms with Crippen LogP contribution in [0.2, 0.25) is 0 Å². The van der Waals surface area contributed by atoms with Gasteiger partial charge in [0.2, 0.25) is 0 Å². The number of halogens is 1. The first-order valence-corrected chi connectivity index (χ1v) is 8.61. The smallest absolute Gasteiger partial charge is 0.279 e. The molecule has 0 bridgehead atoms. The second-order valence-electron chi connectivity index (χ2n) is 6.43. The zero-order valence-corrected chi connectivity index (χ0v) is 15.8. The Bertz CT molecular complexity index is 798. The molecule has 2 aromatic rings. The SMILES string of the molecule is COc1cccc(NC(=O)C[NH+](C)CC(=O)N(C)Cc2ccccc2F)c1. The second-order valence-corrected chi connectivity index (χ2v) is 6.43. The molecule has 2 rings (SSSR count). The van der Waals surface area contributed by atoms with E-state index in [0.717, 1.165) is 4.90 Å². The third-order valence-corrected chi connectivity index (χ3v) is 4.06. The van der Waals surface area contributed by atoms with Crippen LogP contribution in [0.5, 0.6) is 5.75 Å². The summed E-state index contributed by atoms with van der Waals surface area (Å²) in [5, 5.41) is 2.78. The lowest BCUT2D eigenvalue weighted by atomic mass is 10.2. The number of nitrogens with one attached hydrogen (secondary N) is 2. The van der Waals surface area contributed by atoms with E-state index >= 15 is 0 Å². The molecular weight excluding hydrogens is 349 g/mol. The molecule has 0 spiro atoms. The quantitative estimate of drug-likeness (QED) is 0.723. The van der Waals surface area contributed by atoms with Gasteiger partial charge in [-0.05, 0) is 18.2 Å². The van der Waals surface area contributed by atoms with E-state index in [0.29, 0.717) is 17.0 Å². The number of ether oxygens (including phenoxy) is 1. The highest BCUT2D eigenvalue weighted by molar-refractivity contribution is 5.91. The summed E-state index contributed by atoms with van der Waals surface area (Å²) in [4.78, 5) is 26.7. The molecule has 6 nitrogen and oxygen atoms in total. The number of hydrogen-bond acceptors (Lipinski definition) is 3. The lowest BCUT2D eigenvalue weighted by Gasteiger charge is -2.20. The average Bonchev–Trinajstić information content (AvgIpc) is 2.63. The van der Waals surface area contributed by atoms with Crippen LogP contribution in [0.15, 0.2) is 48.5 Å². The number of carbonyl (C=O) groups excluding carboxylic acids is 2. The van der Waals surface area contributed by atoms with Crippen molar-refractivity contribution in [3.05, 3.63) is 59.9 Å². The van der Waals surface area contributed by atoms with Crippen molar-refractivity contribution in [2.24, 2.45) is 0 Å². The first-order chi connectivity index (χ1) is 12.9. The Labute approximate surface area is 158 Å². The normalized spacial score (nSPS) is 11.6. The Morgan fingerprint density at radius 2 is 1.89 bits per heavy atom. The Morgan fingerprint density at radius 3 is 2.59 bits per heavy atom. The van der Waals surface area contributed by atoms with Crippen LogP contribution in [0.1, 0.15) is 5.56 Å². The average molecular weight is 374 g/mol. The van der Waals surface area contributed by atoms with Crippen molar-refractivity contribution in [1.29, 1.82) is 0 Å². The lowest BCUT2D eigenvalue weighted by Crippen LogP contribution is -3.11. The van der Waals surface area contributed by atoms with E-state index in [-0.39, 0.29) is 37.3 Å². The Kier molecular flexibility index (Phi) is 7.31. The van der Waals surface area contributed by atoms with Gasteiger partial charge in [0, 0.05) is 30.9 Å². The van der Waals surface area contributed by atoms with Crippen molar-refractivity contribution >= 4 is 17.5 Å². The van der Waals surface area contributed by atoms with Gasteiger partial charge in [-0.3, -0.25) is 9.59 Å². The molecule has 27 heavy (non-hydrogen) atoms. The third-order valence-electron chi connectivity index (χ3n) is 4.06. The molecule has 1 unspecified atom stereocenters. The lowest BCUT2D eigenvalue weighted by molar-refractivity contribution is -0.862. The van der Waals surface area contributed by atoms with Crippen molar-refractivity contribution in [2.75, 3.05) is 39.6 Å². The highest BCUT2D eigenvalue weighted by Crippen LogP contribution is 2.16. The molecule has 0 radical (unpaired) electrons. The van der Waals surface area contributed by atoms with E-state index < -0.39 is 0 Å². The standard InChI is InChI=1S/C20H24FN3O3/c1-23(13-19(25)22-16-8-6-9-17(11-16)27-3)14-20(26)24(2)12-15-7-4-5-10-18(15)21/h4-11H,12-14H2,1-3H3,(H,22,25)/p+1. The van der Waals surface area contributed by atoms with E-state index in [9.17, 15) is 14.0 Å². The van der Waals surface area contributed by atoms with E-state index in [2.05, 4.69) is 5.32 Å². The van der Waals surface area contributed by atoms with Crippen LogP contribution in [0.4, 0.5) is 10.1 Å². The van der Waals surface area contributed by atoms with Crippen molar-refractivity contribution < 1.29 is 23.6 Å². The van der Waals surface area contributed by atoms with Gasteiger partial charge >= 0.3 is 0 Å². The first kappa shape index (κ1) is 20.4. The molecule has 0 aliphatic carbocycles. The van der Waals surface area contributed by atoms with E-state index in [1.165, 1.54) is 11.0 Å². The molecule has 0 fully saturated rings. The third kappa shape index (κ3) is 6.38. The number of rotatable bonds is 8. The zero-order chi connectivity index (χ0) is 19.8. The fourth-order valence-electron chi connectivity index (χ4n) is 2.61. The van der Waals surface area contributed by atoms with Gasteiger partial charge in [0.05, 0.1) is 14.2 Å². The summed E-state index contributed by atoms with van der Waals surface area (Å²) in [5.41, 5.74) is 1.09. The van der Waals surface area contributed by atoms with Gasteiger partial charge in [-0.1, -0.05) is 24.3 Å². The van der Waals surface area contributed by atoms with Crippen molar-refractivity contribution in [3.63, 3.8) is 0 Å². The van der Waals surface area contributed by atoms with Crippen LogP contribution in [0.3, 0.4) is 0 Å². The second kappa shape index (κ2) is 9.68. The fourth-order valence-corrected chi connectivity index (χ4v) is 2.61. The Balaban J connectivity index is 1.83. The molecule has 7 heteroatoms. The van der Waals surface area contributed by atoms with Gasteiger partial charge < -0.3 is 19.9 Å². The predicted octanol–water partition coefficient (Wildman–Crippen LogP) is 0.946. The number of quaternary nitrogens is 1. The Hall–Kier alpha value is -2.93. The predicted molar refractivity (Wildman–Crippen MR) is 101 cm³/mol. The number of benzene rings is 2.